The van der Waals surface area contributed by atoms with E-state index in [4.69, 9.17) is 16.3 Å². The van der Waals surface area contributed by atoms with Crippen LogP contribution in [0.5, 0.6) is 5.75 Å². The molecule has 0 aliphatic rings. The molecule has 1 heterocycles. The summed E-state index contributed by atoms with van der Waals surface area (Å²) >= 11 is 7.52. The number of halogens is 1. The minimum absolute atomic E-state index is 0.589. The Hall–Kier alpha value is -1.72. The van der Waals surface area contributed by atoms with Crippen LogP contribution in [0.2, 0.25) is 4.34 Å². The second-order valence-corrected chi connectivity index (χ2v) is 6.34. The maximum Gasteiger partial charge on any atom is 0.191 e. The summed E-state index contributed by atoms with van der Waals surface area (Å²) in [5.41, 5.74) is 0. The number of aliphatic imine (C=N–C) groups is 1. The molecule has 1 aromatic carbocycles. The van der Waals surface area contributed by atoms with Gasteiger partial charge in [-0.3, -0.25) is 4.99 Å². The number of nitrogens with zero attached hydrogens (tertiary/aromatic N) is 1. The molecule has 0 aliphatic heterocycles. The van der Waals surface area contributed by atoms with Crippen molar-refractivity contribution in [1.29, 1.82) is 0 Å². The highest BCUT2D eigenvalue weighted by molar-refractivity contribution is 7.16. The summed E-state index contributed by atoms with van der Waals surface area (Å²) in [4.78, 5) is 5.45. The average Bonchev–Trinajstić information content (AvgIpc) is 2.96. The van der Waals surface area contributed by atoms with E-state index in [-0.39, 0.29) is 0 Å². The summed E-state index contributed by atoms with van der Waals surface area (Å²) < 4.78 is 6.45. The van der Waals surface area contributed by atoms with Crippen molar-refractivity contribution in [1.82, 2.24) is 10.6 Å². The second kappa shape index (κ2) is 9.33. The minimum atomic E-state index is 0.589. The van der Waals surface area contributed by atoms with Crippen molar-refractivity contribution in [2.24, 2.45) is 4.99 Å². The number of nitrogens with one attached hydrogen (secondary N) is 2. The standard InChI is InChI=1S/C16H20ClN3OS/c1-18-16(19-10-9-14-7-8-15(17)22-14)20-11-12-21-13-5-3-2-4-6-13/h2-8H,9-12H2,1H3,(H2,18,19,20). The van der Waals surface area contributed by atoms with E-state index >= 15 is 0 Å². The molecule has 0 spiro atoms. The van der Waals surface area contributed by atoms with E-state index in [9.17, 15) is 0 Å². The van der Waals surface area contributed by atoms with Crippen molar-refractivity contribution in [2.45, 2.75) is 6.42 Å². The maximum atomic E-state index is 5.91. The third-order valence-corrected chi connectivity index (χ3v) is 4.21. The number of guanidine groups is 1. The second-order valence-electron chi connectivity index (χ2n) is 4.54. The maximum absolute atomic E-state index is 5.91. The Kier molecular flexibility index (Phi) is 7.06. The summed E-state index contributed by atoms with van der Waals surface area (Å²) in [6, 6.07) is 13.8. The van der Waals surface area contributed by atoms with Crippen LogP contribution in [-0.4, -0.2) is 32.7 Å². The summed E-state index contributed by atoms with van der Waals surface area (Å²) in [6.07, 6.45) is 0.929. The van der Waals surface area contributed by atoms with Gasteiger partial charge < -0.3 is 15.4 Å². The van der Waals surface area contributed by atoms with Gasteiger partial charge in [0.2, 0.25) is 0 Å². The van der Waals surface area contributed by atoms with Crippen LogP contribution in [-0.2, 0) is 6.42 Å². The lowest BCUT2D eigenvalue weighted by molar-refractivity contribution is 0.322. The lowest BCUT2D eigenvalue weighted by atomic mass is 10.3. The van der Waals surface area contributed by atoms with Gasteiger partial charge in [-0.15, -0.1) is 11.3 Å². The molecule has 0 unspecified atom stereocenters. The number of benzene rings is 1. The molecule has 22 heavy (non-hydrogen) atoms. The van der Waals surface area contributed by atoms with Crippen molar-refractivity contribution in [2.75, 3.05) is 26.7 Å². The van der Waals surface area contributed by atoms with Crippen LogP contribution >= 0.6 is 22.9 Å². The molecular formula is C16H20ClN3OS. The predicted molar refractivity (Wildman–Crippen MR) is 94.3 cm³/mol. The van der Waals surface area contributed by atoms with Crippen LogP contribution in [0, 0.1) is 0 Å². The molecule has 0 saturated heterocycles. The van der Waals surface area contributed by atoms with Crippen LogP contribution in [0.4, 0.5) is 0 Å². The van der Waals surface area contributed by atoms with Gasteiger partial charge in [-0.1, -0.05) is 29.8 Å². The number of rotatable bonds is 7. The molecule has 0 radical (unpaired) electrons. The van der Waals surface area contributed by atoms with Gasteiger partial charge in [0.1, 0.15) is 12.4 Å². The van der Waals surface area contributed by atoms with E-state index < -0.39 is 0 Å². The van der Waals surface area contributed by atoms with E-state index in [0.717, 1.165) is 29.0 Å². The van der Waals surface area contributed by atoms with Gasteiger partial charge in [0, 0.05) is 18.5 Å². The van der Waals surface area contributed by atoms with Crippen LogP contribution in [0.1, 0.15) is 4.88 Å². The van der Waals surface area contributed by atoms with Crippen molar-refractivity contribution in [3.63, 3.8) is 0 Å². The molecule has 1 aromatic heterocycles. The SMILES string of the molecule is CN=C(NCCOc1ccccc1)NCCc1ccc(Cl)s1. The lowest BCUT2D eigenvalue weighted by Gasteiger charge is -2.12. The highest BCUT2D eigenvalue weighted by Crippen LogP contribution is 2.21. The van der Waals surface area contributed by atoms with Gasteiger partial charge >= 0.3 is 0 Å². The van der Waals surface area contributed by atoms with Crippen LogP contribution in [0.15, 0.2) is 47.5 Å². The fourth-order valence-electron chi connectivity index (χ4n) is 1.87. The van der Waals surface area contributed by atoms with E-state index in [1.807, 2.05) is 36.4 Å². The van der Waals surface area contributed by atoms with E-state index in [1.54, 1.807) is 18.4 Å². The third kappa shape index (κ3) is 5.95. The molecule has 2 aromatic rings. The normalized spacial score (nSPS) is 11.3. The number of ether oxygens (including phenoxy) is 1. The fourth-order valence-corrected chi connectivity index (χ4v) is 2.95. The first-order valence-corrected chi connectivity index (χ1v) is 8.34. The zero-order valence-corrected chi connectivity index (χ0v) is 14.1. The van der Waals surface area contributed by atoms with E-state index in [2.05, 4.69) is 21.7 Å². The Morgan fingerprint density at radius 2 is 1.91 bits per heavy atom. The summed E-state index contributed by atoms with van der Waals surface area (Å²) in [6.45, 7) is 2.10. The molecule has 0 saturated carbocycles. The number of para-hydroxylation sites is 1. The Morgan fingerprint density at radius 3 is 2.59 bits per heavy atom. The largest absolute Gasteiger partial charge is 0.492 e. The van der Waals surface area contributed by atoms with Gasteiger partial charge in [0.05, 0.1) is 10.9 Å². The van der Waals surface area contributed by atoms with Crippen LogP contribution in [0.3, 0.4) is 0 Å². The zero-order chi connectivity index (χ0) is 15.6. The Balaban J connectivity index is 1.61. The van der Waals surface area contributed by atoms with Gasteiger partial charge in [0.15, 0.2) is 5.96 Å². The first-order chi connectivity index (χ1) is 10.8. The number of thiophene rings is 1. The molecule has 0 fully saturated rings. The van der Waals surface area contributed by atoms with Crippen LogP contribution < -0.4 is 15.4 Å². The van der Waals surface area contributed by atoms with Crippen molar-refractivity contribution in [3.05, 3.63) is 51.7 Å². The van der Waals surface area contributed by atoms with Crippen molar-refractivity contribution in [3.8, 4) is 5.75 Å². The third-order valence-electron chi connectivity index (χ3n) is 2.92. The Bertz CT molecular complexity index is 586. The zero-order valence-electron chi connectivity index (χ0n) is 12.5. The molecule has 0 aliphatic carbocycles. The first kappa shape index (κ1) is 16.6. The van der Waals surface area contributed by atoms with Crippen molar-refractivity contribution < 1.29 is 4.74 Å². The van der Waals surface area contributed by atoms with E-state index in [1.165, 1.54) is 4.88 Å². The Labute approximate surface area is 140 Å². The number of hydrogen-bond donors (Lipinski definition) is 2. The molecular weight excluding hydrogens is 318 g/mol. The summed E-state index contributed by atoms with van der Waals surface area (Å²) in [5.74, 6) is 1.65. The highest BCUT2D eigenvalue weighted by Gasteiger charge is 2.00. The van der Waals surface area contributed by atoms with Gasteiger partial charge in [-0.25, -0.2) is 0 Å². The molecule has 2 rings (SSSR count). The lowest BCUT2D eigenvalue weighted by Crippen LogP contribution is -2.40. The monoisotopic (exact) mass is 337 g/mol. The van der Waals surface area contributed by atoms with Gasteiger partial charge in [-0.05, 0) is 30.7 Å². The molecule has 0 atom stereocenters. The Morgan fingerprint density at radius 1 is 1.14 bits per heavy atom. The smallest absolute Gasteiger partial charge is 0.191 e. The minimum Gasteiger partial charge on any atom is -0.492 e. The van der Waals surface area contributed by atoms with Gasteiger partial charge in [0.25, 0.3) is 0 Å². The molecule has 4 nitrogen and oxygen atoms in total. The van der Waals surface area contributed by atoms with Gasteiger partial charge in [-0.2, -0.15) is 0 Å². The van der Waals surface area contributed by atoms with E-state index in [0.29, 0.717) is 13.2 Å². The summed E-state index contributed by atoms with van der Waals surface area (Å²) in [5, 5.41) is 6.50. The molecule has 2 N–H and O–H groups in total. The molecule has 0 bridgehead atoms. The molecule has 6 heteroatoms. The quantitative estimate of drug-likeness (QED) is 0.463. The van der Waals surface area contributed by atoms with Crippen LogP contribution in [0.25, 0.3) is 0 Å². The topological polar surface area (TPSA) is 45.7 Å². The fraction of sp³-hybridized carbons (Fsp3) is 0.312. The highest BCUT2D eigenvalue weighted by atomic mass is 35.5. The predicted octanol–water partition coefficient (Wildman–Crippen LogP) is 3.19. The van der Waals surface area contributed by atoms with Crippen molar-refractivity contribution >= 4 is 28.9 Å². The first-order valence-electron chi connectivity index (χ1n) is 7.14. The molecule has 118 valence electrons. The average molecular weight is 338 g/mol. The summed E-state index contributed by atoms with van der Waals surface area (Å²) in [7, 11) is 1.76. The molecule has 0 amide bonds. The number of hydrogen-bond acceptors (Lipinski definition) is 3.